The molecule has 0 atom stereocenters. The molecule has 0 saturated carbocycles. The van der Waals surface area contributed by atoms with Crippen molar-refractivity contribution >= 4 is 5.91 Å². The SMILES string of the molecule is Cc1cccc(OCCC(=O)N(C)CC(C)(C)CN)c1. The van der Waals surface area contributed by atoms with E-state index in [0.717, 1.165) is 11.3 Å². The molecule has 4 nitrogen and oxygen atoms in total. The van der Waals surface area contributed by atoms with Gasteiger partial charge in [-0.2, -0.15) is 0 Å². The van der Waals surface area contributed by atoms with Crippen molar-refractivity contribution in [1.82, 2.24) is 4.90 Å². The van der Waals surface area contributed by atoms with Gasteiger partial charge in [-0.05, 0) is 36.6 Å². The first-order chi connectivity index (χ1) is 9.34. The maximum absolute atomic E-state index is 12.0. The number of amides is 1. The highest BCUT2D eigenvalue weighted by atomic mass is 16.5. The Morgan fingerprint density at radius 1 is 1.40 bits per heavy atom. The van der Waals surface area contributed by atoms with Crippen LogP contribution in [0.5, 0.6) is 5.75 Å². The maximum atomic E-state index is 12.0. The lowest BCUT2D eigenvalue weighted by atomic mass is 9.93. The summed E-state index contributed by atoms with van der Waals surface area (Å²) in [4.78, 5) is 13.7. The third-order valence-electron chi connectivity index (χ3n) is 3.22. The van der Waals surface area contributed by atoms with Crippen molar-refractivity contribution in [3.8, 4) is 5.75 Å². The zero-order valence-electron chi connectivity index (χ0n) is 13.0. The van der Waals surface area contributed by atoms with Crippen molar-refractivity contribution in [2.24, 2.45) is 11.1 Å². The Kier molecular flexibility index (Phi) is 6.02. The Bertz CT molecular complexity index is 444. The van der Waals surface area contributed by atoms with Gasteiger partial charge in [0, 0.05) is 13.6 Å². The lowest BCUT2D eigenvalue weighted by Crippen LogP contribution is -2.40. The van der Waals surface area contributed by atoms with Gasteiger partial charge in [0.25, 0.3) is 0 Å². The minimum Gasteiger partial charge on any atom is -0.493 e. The van der Waals surface area contributed by atoms with Gasteiger partial charge in [-0.25, -0.2) is 0 Å². The number of nitrogens with zero attached hydrogens (tertiary/aromatic N) is 1. The summed E-state index contributed by atoms with van der Waals surface area (Å²) in [5.74, 6) is 0.891. The molecule has 0 aromatic heterocycles. The van der Waals surface area contributed by atoms with Crippen molar-refractivity contribution in [2.75, 3.05) is 26.7 Å². The van der Waals surface area contributed by atoms with Crippen LogP contribution in [0.1, 0.15) is 25.8 Å². The number of hydrogen-bond donors (Lipinski definition) is 1. The first kappa shape index (κ1) is 16.5. The predicted molar refractivity (Wildman–Crippen MR) is 81.8 cm³/mol. The summed E-state index contributed by atoms with van der Waals surface area (Å²) >= 11 is 0. The molecule has 20 heavy (non-hydrogen) atoms. The molecule has 0 heterocycles. The minimum absolute atomic E-state index is 0.0538. The van der Waals surface area contributed by atoms with Crippen molar-refractivity contribution in [1.29, 1.82) is 0 Å². The van der Waals surface area contributed by atoms with Crippen molar-refractivity contribution in [3.05, 3.63) is 29.8 Å². The monoisotopic (exact) mass is 278 g/mol. The molecule has 0 saturated heterocycles. The predicted octanol–water partition coefficient (Wildman–Crippen LogP) is 2.21. The zero-order chi connectivity index (χ0) is 15.2. The number of ether oxygens (including phenoxy) is 1. The summed E-state index contributed by atoms with van der Waals surface area (Å²) in [5.41, 5.74) is 6.78. The van der Waals surface area contributed by atoms with E-state index in [2.05, 4.69) is 13.8 Å². The molecule has 4 heteroatoms. The van der Waals surface area contributed by atoms with Gasteiger partial charge in [-0.15, -0.1) is 0 Å². The number of rotatable bonds is 7. The summed E-state index contributed by atoms with van der Waals surface area (Å²) < 4.78 is 5.59. The van der Waals surface area contributed by atoms with Crippen LogP contribution >= 0.6 is 0 Å². The topological polar surface area (TPSA) is 55.6 Å². The molecule has 1 aromatic rings. The number of hydrogen-bond acceptors (Lipinski definition) is 3. The molecule has 0 radical (unpaired) electrons. The normalized spacial score (nSPS) is 11.2. The quantitative estimate of drug-likeness (QED) is 0.832. The first-order valence-electron chi connectivity index (χ1n) is 6.97. The van der Waals surface area contributed by atoms with Crippen LogP contribution in [0.25, 0.3) is 0 Å². The third kappa shape index (κ3) is 5.61. The Morgan fingerprint density at radius 2 is 2.10 bits per heavy atom. The number of benzene rings is 1. The highest BCUT2D eigenvalue weighted by molar-refractivity contribution is 5.76. The van der Waals surface area contributed by atoms with E-state index in [4.69, 9.17) is 10.5 Å². The molecule has 0 fully saturated rings. The van der Waals surface area contributed by atoms with E-state index in [9.17, 15) is 4.79 Å². The second-order valence-electron chi connectivity index (χ2n) is 6.03. The first-order valence-corrected chi connectivity index (χ1v) is 6.97. The summed E-state index contributed by atoms with van der Waals surface area (Å²) in [6.45, 7) is 7.74. The van der Waals surface area contributed by atoms with Gasteiger partial charge in [-0.1, -0.05) is 26.0 Å². The Morgan fingerprint density at radius 3 is 2.70 bits per heavy atom. The third-order valence-corrected chi connectivity index (χ3v) is 3.22. The molecule has 0 unspecified atom stereocenters. The molecule has 112 valence electrons. The molecule has 1 aromatic carbocycles. The standard InChI is InChI=1S/C16H26N2O2/c1-13-6-5-7-14(10-13)20-9-8-15(19)18(4)12-16(2,3)11-17/h5-7,10H,8-9,11-12,17H2,1-4H3. The van der Waals surface area contributed by atoms with E-state index in [1.807, 2.05) is 38.2 Å². The Labute approximate surface area is 121 Å². The summed E-state index contributed by atoms with van der Waals surface area (Å²) in [6.07, 6.45) is 0.380. The van der Waals surface area contributed by atoms with Crippen LogP contribution in [-0.2, 0) is 4.79 Å². The lowest BCUT2D eigenvalue weighted by Gasteiger charge is -2.29. The highest BCUT2D eigenvalue weighted by Crippen LogP contribution is 2.15. The van der Waals surface area contributed by atoms with Crippen LogP contribution in [0.4, 0.5) is 0 Å². The molecule has 0 aliphatic carbocycles. The fraction of sp³-hybridized carbons (Fsp3) is 0.562. The molecule has 0 bridgehead atoms. The summed E-state index contributed by atoms with van der Waals surface area (Å²) in [7, 11) is 1.81. The van der Waals surface area contributed by atoms with Gasteiger partial charge in [0.15, 0.2) is 0 Å². The number of carbonyl (C=O) groups excluding carboxylic acids is 1. The van der Waals surface area contributed by atoms with Crippen molar-refractivity contribution in [3.63, 3.8) is 0 Å². The van der Waals surface area contributed by atoms with E-state index in [1.165, 1.54) is 0 Å². The second-order valence-corrected chi connectivity index (χ2v) is 6.03. The molecular formula is C16H26N2O2. The Hall–Kier alpha value is -1.55. The largest absolute Gasteiger partial charge is 0.493 e. The molecule has 1 amide bonds. The maximum Gasteiger partial charge on any atom is 0.225 e. The average molecular weight is 278 g/mol. The molecule has 2 N–H and O–H groups in total. The second kappa shape index (κ2) is 7.29. The Balaban J connectivity index is 2.36. The van der Waals surface area contributed by atoms with Crippen LogP contribution in [0.2, 0.25) is 0 Å². The van der Waals surface area contributed by atoms with E-state index < -0.39 is 0 Å². The fourth-order valence-corrected chi connectivity index (χ4v) is 1.95. The molecule has 0 spiro atoms. The molecule has 1 rings (SSSR count). The van der Waals surface area contributed by atoms with Gasteiger partial charge in [-0.3, -0.25) is 4.79 Å². The van der Waals surface area contributed by atoms with Gasteiger partial charge in [0.1, 0.15) is 5.75 Å². The molecular weight excluding hydrogens is 252 g/mol. The minimum atomic E-state index is -0.0538. The number of nitrogens with two attached hydrogens (primary N) is 1. The number of aryl methyl sites for hydroxylation is 1. The van der Waals surface area contributed by atoms with Gasteiger partial charge < -0.3 is 15.4 Å². The van der Waals surface area contributed by atoms with Gasteiger partial charge in [0.2, 0.25) is 5.91 Å². The van der Waals surface area contributed by atoms with Crippen LogP contribution in [0, 0.1) is 12.3 Å². The van der Waals surface area contributed by atoms with Crippen molar-refractivity contribution < 1.29 is 9.53 Å². The highest BCUT2D eigenvalue weighted by Gasteiger charge is 2.20. The van der Waals surface area contributed by atoms with Gasteiger partial charge in [0.05, 0.1) is 13.0 Å². The lowest BCUT2D eigenvalue weighted by molar-refractivity contribution is -0.131. The average Bonchev–Trinajstić information content (AvgIpc) is 2.38. The van der Waals surface area contributed by atoms with Crippen molar-refractivity contribution in [2.45, 2.75) is 27.2 Å². The zero-order valence-corrected chi connectivity index (χ0v) is 13.0. The summed E-state index contributed by atoms with van der Waals surface area (Å²) in [5, 5.41) is 0. The summed E-state index contributed by atoms with van der Waals surface area (Å²) in [6, 6.07) is 7.83. The van der Waals surface area contributed by atoms with E-state index in [1.54, 1.807) is 4.90 Å². The van der Waals surface area contributed by atoms with Gasteiger partial charge >= 0.3 is 0 Å². The van der Waals surface area contributed by atoms with Crippen LogP contribution in [0.3, 0.4) is 0 Å². The molecule has 0 aliphatic rings. The number of carbonyl (C=O) groups is 1. The molecule has 0 aliphatic heterocycles. The smallest absolute Gasteiger partial charge is 0.225 e. The van der Waals surface area contributed by atoms with Crippen LogP contribution in [0.15, 0.2) is 24.3 Å². The van der Waals surface area contributed by atoms with Crippen LogP contribution in [-0.4, -0.2) is 37.6 Å². The van der Waals surface area contributed by atoms with E-state index in [0.29, 0.717) is 26.1 Å². The fourth-order valence-electron chi connectivity index (χ4n) is 1.95. The van der Waals surface area contributed by atoms with E-state index >= 15 is 0 Å². The van der Waals surface area contributed by atoms with Crippen LogP contribution < -0.4 is 10.5 Å². The van der Waals surface area contributed by atoms with E-state index in [-0.39, 0.29) is 11.3 Å².